The molecule has 1 aromatic heterocycles. The third-order valence-corrected chi connectivity index (χ3v) is 6.64. The van der Waals surface area contributed by atoms with Crippen molar-refractivity contribution in [2.45, 2.75) is 6.54 Å². The van der Waals surface area contributed by atoms with Crippen LogP contribution in [-0.2, 0) is 11.3 Å². The van der Waals surface area contributed by atoms with E-state index < -0.39 is 0 Å². The fourth-order valence-corrected chi connectivity index (χ4v) is 4.71. The van der Waals surface area contributed by atoms with Gasteiger partial charge in [-0.25, -0.2) is 4.98 Å². The van der Waals surface area contributed by atoms with Crippen LogP contribution in [0.4, 0.5) is 0 Å². The van der Waals surface area contributed by atoms with E-state index in [1.807, 2.05) is 53.4 Å². The number of carbonyl (C=O) groups is 1. The van der Waals surface area contributed by atoms with E-state index in [4.69, 9.17) is 26.1 Å². The quantitative estimate of drug-likeness (QED) is 0.515. The number of fused-ring (bicyclic) bond motifs is 1. The second-order valence-corrected chi connectivity index (χ2v) is 9.06. The zero-order valence-electron chi connectivity index (χ0n) is 17.4. The fraction of sp³-hybridized carbons (Fsp3) is 0.250. The van der Waals surface area contributed by atoms with Crippen LogP contribution >= 0.6 is 22.9 Å². The molecule has 0 aliphatic carbocycles. The molecular formula is C24H22ClN3O3S. The van der Waals surface area contributed by atoms with E-state index >= 15 is 0 Å². The van der Waals surface area contributed by atoms with Gasteiger partial charge in [-0.1, -0.05) is 29.8 Å². The van der Waals surface area contributed by atoms with Crippen molar-refractivity contribution in [2.75, 3.05) is 33.0 Å². The predicted molar refractivity (Wildman–Crippen MR) is 126 cm³/mol. The molecule has 8 heteroatoms. The molecule has 1 amide bonds. The Morgan fingerprint density at radius 2 is 1.84 bits per heavy atom. The normalized spacial score (nSPS) is 16.1. The molecule has 0 unspecified atom stereocenters. The Kier molecular flexibility index (Phi) is 6.12. The van der Waals surface area contributed by atoms with Crippen LogP contribution in [0.1, 0.15) is 10.6 Å². The molecule has 0 saturated carbocycles. The monoisotopic (exact) mass is 467 g/mol. The third-order valence-electron chi connectivity index (χ3n) is 5.55. The average molecular weight is 468 g/mol. The molecule has 5 rings (SSSR count). The number of benzene rings is 2. The van der Waals surface area contributed by atoms with Crippen molar-refractivity contribution in [3.05, 3.63) is 69.5 Å². The van der Waals surface area contributed by atoms with Gasteiger partial charge < -0.3 is 14.4 Å². The second kappa shape index (κ2) is 9.32. The van der Waals surface area contributed by atoms with Crippen molar-refractivity contribution in [3.63, 3.8) is 0 Å². The zero-order chi connectivity index (χ0) is 21.9. The molecule has 0 atom stereocenters. The van der Waals surface area contributed by atoms with Gasteiger partial charge in [0, 0.05) is 48.2 Å². The lowest BCUT2D eigenvalue weighted by Crippen LogP contribution is -2.47. The SMILES string of the molecule is O=C(/C=C/c1ccc2c(c1)OCO2)N1CCN(Cc2nc(-c3ccc(Cl)cc3)cs2)CC1. The lowest BCUT2D eigenvalue weighted by Gasteiger charge is -2.33. The lowest BCUT2D eigenvalue weighted by molar-refractivity contribution is -0.127. The summed E-state index contributed by atoms with van der Waals surface area (Å²) in [6.07, 6.45) is 3.46. The summed E-state index contributed by atoms with van der Waals surface area (Å²) in [5.41, 5.74) is 2.96. The Morgan fingerprint density at radius 3 is 2.66 bits per heavy atom. The van der Waals surface area contributed by atoms with Crippen molar-refractivity contribution >= 4 is 34.9 Å². The smallest absolute Gasteiger partial charge is 0.246 e. The number of hydrogen-bond donors (Lipinski definition) is 0. The van der Waals surface area contributed by atoms with Gasteiger partial charge >= 0.3 is 0 Å². The maximum Gasteiger partial charge on any atom is 0.246 e. The maximum atomic E-state index is 12.6. The highest BCUT2D eigenvalue weighted by Gasteiger charge is 2.21. The molecule has 1 saturated heterocycles. The van der Waals surface area contributed by atoms with Crippen molar-refractivity contribution in [2.24, 2.45) is 0 Å². The van der Waals surface area contributed by atoms with Crippen LogP contribution in [0, 0.1) is 0 Å². The highest BCUT2D eigenvalue weighted by atomic mass is 35.5. The first kappa shape index (κ1) is 21.0. The summed E-state index contributed by atoms with van der Waals surface area (Å²) in [6.45, 7) is 4.13. The molecule has 6 nitrogen and oxygen atoms in total. The first-order valence-corrected chi connectivity index (χ1v) is 11.7. The molecule has 0 N–H and O–H groups in total. The van der Waals surface area contributed by atoms with E-state index in [-0.39, 0.29) is 12.7 Å². The summed E-state index contributed by atoms with van der Waals surface area (Å²) in [5, 5.41) is 3.89. The van der Waals surface area contributed by atoms with Crippen LogP contribution in [0.25, 0.3) is 17.3 Å². The van der Waals surface area contributed by atoms with Gasteiger partial charge in [-0.05, 0) is 35.9 Å². The highest BCUT2D eigenvalue weighted by molar-refractivity contribution is 7.09. The topological polar surface area (TPSA) is 54.9 Å². The van der Waals surface area contributed by atoms with Gasteiger partial charge in [0.05, 0.1) is 12.2 Å². The molecule has 3 aromatic rings. The Labute approximate surface area is 195 Å². The van der Waals surface area contributed by atoms with E-state index in [0.717, 1.165) is 58.0 Å². The predicted octanol–water partition coefficient (Wildman–Crippen LogP) is 4.55. The number of piperazine rings is 1. The minimum Gasteiger partial charge on any atom is -0.454 e. The molecule has 164 valence electrons. The van der Waals surface area contributed by atoms with Crippen LogP contribution < -0.4 is 9.47 Å². The first-order valence-electron chi connectivity index (χ1n) is 10.4. The number of hydrogen-bond acceptors (Lipinski definition) is 6. The van der Waals surface area contributed by atoms with E-state index in [1.165, 1.54) is 0 Å². The van der Waals surface area contributed by atoms with Gasteiger partial charge in [0.15, 0.2) is 11.5 Å². The maximum absolute atomic E-state index is 12.6. The number of rotatable bonds is 5. The van der Waals surface area contributed by atoms with Crippen molar-refractivity contribution in [3.8, 4) is 22.8 Å². The summed E-state index contributed by atoms with van der Waals surface area (Å²) >= 11 is 7.64. The Bertz CT molecular complexity index is 1140. The summed E-state index contributed by atoms with van der Waals surface area (Å²) in [4.78, 5) is 21.6. The van der Waals surface area contributed by atoms with Crippen molar-refractivity contribution < 1.29 is 14.3 Å². The third kappa shape index (κ3) is 4.80. The van der Waals surface area contributed by atoms with Crippen LogP contribution in [0.2, 0.25) is 5.02 Å². The van der Waals surface area contributed by atoms with Gasteiger partial charge in [-0.15, -0.1) is 11.3 Å². The first-order chi connectivity index (χ1) is 15.6. The summed E-state index contributed by atoms with van der Waals surface area (Å²) < 4.78 is 10.7. The van der Waals surface area contributed by atoms with Crippen LogP contribution in [0.3, 0.4) is 0 Å². The number of aromatic nitrogens is 1. The van der Waals surface area contributed by atoms with Crippen molar-refractivity contribution in [1.29, 1.82) is 0 Å². The van der Waals surface area contributed by atoms with Crippen LogP contribution in [-0.4, -0.2) is 53.7 Å². The van der Waals surface area contributed by atoms with Gasteiger partial charge in [-0.3, -0.25) is 9.69 Å². The number of ether oxygens (including phenoxy) is 2. The molecular weight excluding hydrogens is 446 g/mol. The number of nitrogens with zero attached hydrogens (tertiary/aromatic N) is 3. The molecule has 0 radical (unpaired) electrons. The minimum absolute atomic E-state index is 0.0293. The number of carbonyl (C=O) groups excluding carboxylic acids is 1. The Morgan fingerprint density at radius 1 is 1.06 bits per heavy atom. The molecule has 3 heterocycles. The summed E-state index contributed by atoms with van der Waals surface area (Å²) in [6, 6.07) is 13.4. The number of halogens is 1. The fourth-order valence-electron chi connectivity index (χ4n) is 3.74. The number of thiazole rings is 1. The molecule has 32 heavy (non-hydrogen) atoms. The molecule has 0 bridgehead atoms. The summed E-state index contributed by atoms with van der Waals surface area (Å²) in [7, 11) is 0. The molecule has 2 aliphatic heterocycles. The summed E-state index contributed by atoms with van der Waals surface area (Å²) in [5.74, 6) is 1.49. The van der Waals surface area contributed by atoms with E-state index in [0.29, 0.717) is 13.1 Å². The van der Waals surface area contributed by atoms with E-state index in [9.17, 15) is 4.79 Å². The zero-order valence-corrected chi connectivity index (χ0v) is 18.9. The molecule has 2 aromatic carbocycles. The van der Waals surface area contributed by atoms with Crippen LogP contribution in [0.15, 0.2) is 53.9 Å². The Hall–Kier alpha value is -2.87. The molecule has 2 aliphatic rings. The molecule has 0 spiro atoms. The number of amides is 1. The second-order valence-electron chi connectivity index (χ2n) is 7.68. The minimum atomic E-state index is 0.0293. The largest absolute Gasteiger partial charge is 0.454 e. The van der Waals surface area contributed by atoms with Gasteiger partial charge in [0.1, 0.15) is 5.01 Å². The van der Waals surface area contributed by atoms with E-state index in [2.05, 4.69) is 10.3 Å². The van der Waals surface area contributed by atoms with E-state index in [1.54, 1.807) is 17.4 Å². The molecule has 1 fully saturated rings. The van der Waals surface area contributed by atoms with Gasteiger partial charge in [-0.2, -0.15) is 0 Å². The standard InChI is InChI=1S/C24H22ClN3O3S/c25-19-5-3-18(4-6-19)20-15-32-23(26-20)14-27-9-11-28(12-10-27)24(29)8-2-17-1-7-21-22(13-17)31-16-30-21/h1-8,13,15H,9-12,14,16H2/b8-2+. The average Bonchev–Trinajstić information content (AvgIpc) is 3.48. The van der Waals surface area contributed by atoms with Crippen molar-refractivity contribution in [1.82, 2.24) is 14.8 Å². The Balaban J connectivity index is 1.12. The lowest BCUT2D eigenvalue weighted by atomic mass is 10.2. The van der Waals surface area contributed by atoms with Crippen LogP contribution in [0.5, 0.6) is 11.5 Å². The van der Waals surface area contributed by atoms with Gasteiger partial charge in [0.2, 0.25) is 12.7 Å². The van der Waals surface area contributed by atoms with Gasteiger partial charge in [0.25, 0.3) is 0 Å². The highest BCUT2D eigenvalue weighted by Crippen LogP contribution is 2.32.